The summed E-state index contributed by atoms with van der Waals surface area (Å²) in [6, 6.07) is 40.2. The van der Waals surface area contributed by atoms with Crippen LogP contribution in [0.3, 0.4) is 0 Å². The Kier molecular flexibility index (Phi) is 8.49. The molecule has 1 saturated heterocycles. The number of carbonyl (C=O) groups excluding carboxylic acids is 1. The lowest BCUT2D eigenvalue weighted by atomic mass is 9.86. The number of aromatic nitrogens is 1. The molecule has 1 fully saturated rings. The van der Waals surface area contributed by atoms with Gasteiger partial charge in [0.1, 0.15) is 0 Å². The van der Waals surface area contributed by atoms with Crippen molar-refractivity contribution in [3.05, 3.63) is 138 Å². The molecule has 0 aliphatic carbocycles. The maximum Gasteiger partial charge on any atom is 0.239 e. The maximum atomic E-state index is 15.0. The fraction of sp³-hybridized carbons (Fsp3) is 0.308. The van der Waals surface area contributed by atoms with Gasteiger partial charge in [0.25, 0.3) is 0 Å². The summed E-state index contributed by atoms with van der Waals surface area (Å²) < 4.78 is 0. The number of amides is 1. The Balaban J connectivity index is 1.37. The molecule has 5 aromatic rings. The fourth-order valence-electron chi connectivity index (χ4n) is 6.43. The number of rotatable bonds is 9. The van der Waals surface area contributed by atoms with Crippen LogP contribution in [-0.4, -0.2) is 34.9 Å². The smallest absolute Gasteiger partial charge is 0.239 e. The van der Waals surface area contributed by atoms with Crippen LogP contribution >= 0.6 is 0 Å². The Labute approximate surface area is 256 Å². The molecule has 0 radical (unpaired) electrons. The number of carbonyl (C=O) groups is 1. The third kappa shape index (κ3) is 6.30. The molecule has 0 saturated carbocycles. The van der Waals surface area contributed by atoms with Gasteiger partial charge in [0.15, 0.2) is 0 Å². The van der Waals surface area contributed by atoms with Gasteiger partial charge in [-0.3, -0.25) is 9.69 Å². The summed E-state index contributed by atoms with van der Waals surface area (Å²) in [6.07, 6.45) is 2.93. The van der Waals surface area contributed by atoms with Gasteiger partial charge in [0.2, 0.25) is 5.91 Å². The summed E-state index contributed by atoms with van der Waals surface area (Å²) in [5.41, 5.74) is 6.79. The fourth-order valence-corrected chi connectivity index (χ4v) is 6.43. The average Bonchev–Trinajstić information content (AvgIpc) is 3.49. The normalized spacial score (nSPS) is 14.8. The Morgan fingerprint density at radius 1 is 0.837 bits per heavy atom. The molecule has 0 spiro atoms. The zero-order valence-electron chi connectivity index (χ0n) is 25.7. The largest absolute Gasteiger partial charge is 0.358 e. The standard InChI is InChI=1S/C39H43N3O/c1-4-39(2,3)36-27-32-26-34(20-21-35(32)40-36)42(33-22-24-41(25-23-33)28-29-14-8-5-9-15-29)38(43)37(30-16-10-6-11-17-30)31-18-12-7-13-19-31/h5-21,26-27,33,37,40H,4,22-25,28H2,1-3H3. The van der Waals surface area contributed by atoms with Gasteiger partial charge >= 0.3 is 0 Å². The second-order valence-corrected chi connectivity index (χ2v) is 12.6. The lowest BCUT2D eigenvalue weighted by Gasteiger charge is -2.40. The first-order valence-corrected chi connectivity index (χ1v) is 15.8. The van der Waals surface area contributed by atoms with Crippen molar-refractivity contribution in [3.8, 4) is 0 Å². The van der Waals surface area contributed by atoms with E-state index in [1.54, 1.807) is 0 Å². The summed E-state index contributed by atoms with van der Waals surface area (Å²) in [6.45, 7) is 9.67. The number of aromatic amines is 1. The van der Waals surface area contributed by atoms with Crippen molar-refractivity contribution in [3.63, 3.8) is 0 Å². The van der Waals surface area contributed by atoms with Gasteiger partial charge in [-0.05, 0) is 60.2 Å². The number of piperidine rings is 1. The van der Waals surface area contributed by atoms with Gasteiger partial charge in [-0.15, -0.1) is 0 Å². The molecule has 43 heavy (non-hydrogen) atoms. The average molecular weight is 570 g/mol. The van der Waals surface area contributed by atoms with Crippen molar-refractivity contribution in [1.29, 1.82) is 0 Å². The second-order valence-electron chi connectivity index (χ2n) is 12.6. The number of benzene rings is 4. The molecule has 0 atom stereocenters. The zero-order chi connectivity index (χ0) is 29.8. The van der Waals surface area contributed by atoms with Crippen molar-refractivity contribution in [2.45, 2.75) is 64.0 Å². The molecule has 0 unspecified atom stereocenters. The Hall–Kier alpha value is -4.15. The van der Waals surface area contributed by atoms with E-state index in [4.69, 9.17) is 0 Å². The van der Waals surface area contributed by atoms with E-state index in [-0.39, 0.29) is 23.3 Å². The van der Waals surface area contributed by atoms with Gasteiger partial charge < -0.3 is 9.88 Å². The minimum Gasteiger partial charge on any atom is -0.358 e. The van der Waals surface area contributed by atoms with Crippen LogP contribution in [0.15, 0.2) is 115 Å². The Morgan fingerprint density at radius 3 is 2.00 bits per heavy atom. The first-order chi connectivity index (χ1) is 20.9. The summed E-state index contributed by atoms with van der Waals surface area (Å²) in [7, 11) is 0. The highest BCUT2D eigenvalue weighted by Gasteiger charge is 2.35. The number of fused-ring (bicyclic) bond motifs is 1. The van der Waals surface area contributed by atoms with Gasteiger partial charge in [-0.25, -0.2) is 0 Å². The highest BCUT2D eigenvalue weighted by Crippen LogP contribution is 2.36. The lowest BCUT2D eigenvalue weighted by molar-refractivity contribution is -0.119. The van der Waals surface area contributed by atoms with Crippen LogP contribution < -0.4 is 4.90 Å². The van der Waals surface area contributed by atoms with Crippen molar-refractivity contribution in [2.24, 2.45) is 0 Å². The first kappa shape index (κ1) is 28.9. The molecule has 0 bridgehead atoms. The lowest BCUT2D eigenvalue weighted by Crippen LogP contribution is -2.49. The summed E-state index contributed by atoms with van der Waals surface area (Å²) in [5, 5.41) is 1.16. The predicted molar refractivity (Wildman–Crippen MR) is 179 cm³/mol. The van der Waals surface area contributed by atoms with Gasteiger partial charge in [-0.2, -0.15) is 0 Å². The minimum atomic E-state index is -0.374. The van der Waals surface area contributed by atoms with E-state index in [1.807, 2.05) is 36.4 Å². The molecule has 1 aromatic heterocycles. The summed E-state index contributed by atoms with van der Waals surface area (Å²) >= 11 is 0. The summed E-state index contributed by atoms with van der Waals surface area (Å²) in [5.74, 6) is -0.232. The van der Waals surface area contributed by atoms with E-state index in [0.717, 1.165) is 66.6 Å². The van der Waals surface area contributed by atoms with Crippen molar-refractivity contribution < 1.29 is 4.79 Å². The number of likely N-dealkylation sites (tertiary alicyclic amines) is 1. The maximum absolute atomic E-state index is 15.0. The van der Waals surface area contributed by atoms with Crippen LogP contribution in [0.5, 0.6) is 0 Å². The highest BCUT2D eigenvalue weighted by molar-refractivity contribution is 6.02. The van der Waals surface area contributed by atoms with Gasteiger partial charge in [0.05, 0.1) is 5.92 Å². The number of nitrogens with one attached hydrogen (secondary N) is 1. The quantitative estimate of drug-likeness (QED) is 0.193. The number of hydrogen-bond donors (Lipinski definition) is 1. The Bertz CT molecular complexity index is 1590. The van der Waals surface area contributed by atoms with Crippen molar-refractivity contribution in [2.75, 3.05) is 18.0 Å². The molecular weight excluding hydrogens is 526 g/mol. The first-order valence-electron chi connectivity index (χ1n) is 15.8. The third-order valence-corrected chi connectivity index (χ3v) is 9.42. The van der Waals surface area contributed by atoms with Crippen LogP contribution in [0.25, 0.3) is 10.9 Å². The number of hydrogen-bond acceptors (Lipinski definition) is 2. The molecule has 4 heteroatoms. The monoisotopic (exact) mass is 569 g/mol. The molecule has 220 valence electrons. The topological polar surface area (TPSA) is 39.3 Å². The van der Waals surface area contributed by atoms with Crippen LogP contribution in [0.4, 0.5) is 5.69 Å². The Morgan fingerprint density at radius 2 is 1.42 bits per heavy atom. The van der Waals surface area contributed by atoms with Gasteiger partial charge in [0, 0.05) is 53.4 Å². The van der Waals surface area contributed by atoms with Gasteiger partial charge in [-0.1, -0.05) is 112 Å². The molecule has 4 nitrogen and oxygen atoms in total. The molecule has 2 heterocycles. The molecular formula is C39H43N3O. The van der Waals surface area contributed by atoms with Crippen LogP contribution in [-0.2, 0) is 16.8 Å². The molecule has 6 rings (SSSR count). The number of anilines is 1. The highest BCUT2D eigenvalue weighted by atomic mass is 16.2. The SMILES string of the molecule is CCC(C)(C)c1cc2cc(N(C(=O)C(c3ccccc3)c3ccccc3)C3CCN(Cc4ccccc4)CC3)ccc2[nH]1. The number of nitrogens with zero attached hydrogens (tertiary/aromatic N) is 2. The molecule has 4 aromatic carbocycles. The van der Waals surface area contributed by atoms with E-state index < -0.39 is 0 Å². The van der Waals surface area contributed by atoms with Crippen molar-refractivity contribution >= 4 is 22.5 Å². The molecule has 1 aliphatic rings. The van der Waals surface area contributed by atoms with E-state index in [0.29, 0.717) is 0 Å². The van der Waals surface area contributed by atoms with Crippen LogP contribution in [0.1, 0.15) is 68.3 Å². The molecule has 1 amide bonds. The van der Waals surface area contributed by atoms with Crippen molar-refractivity contribution in [1.82, 2.24) is 9.88 Å². The molecule has 1 aliphatic heterocycles. The van der Waals surface area contributed by atoms with Crippen LogP contribution in [0, 0.1) is 0 Å². The van der Waals surface area contributed by atoms with E-state index in [2.05, 4.69) is 114 Å². The summed E-state index contributed by atoms with van der Waals surface area (Å²) in [4.78, 5) is 23.3. The molecule has 1 N–H and O–H groups in total. The second kappa shape index (κ2) is 12.6. The predicted octanol–water partition coefficient (Wildman–Crippen LogP) is 8.69. The minimum absolute atomic E-state index is 0.0615. The van der Waals surface area contributed by atoms with Crippen LogP contribution in [0.2, 0.25) is 0 Å². The van der Waals surface area contributed by atoms with E-state index >= 15 is 0 Å². The zero-order valence-corrected chi connectivity index (χ0v) is 25.7. The number of H-pyrrole nitrogens is 1. The third-order valence-electron chi connectivity index (χ3n) is 9.42. The van der Waals surface area contributed by atoms with E-state index in [9.17, 15) is 4.79 Å². The van der Waals surface area contributed by atoms with E-state index in [1.165, 1.54) is 11.3 Å².